The molecule has 4 heteroatoms. The van der Waals surface area contributed by atoms with E-state index in [2.05, 4.69) is 73.0 Å². The van der Waals surface area contributed by atoms with Crippen molar-refractivity contribution in [1.82, 2.24) is 14.1 Å². The molecule has 0 aliphatic carbocycles. The Hall–Kier alpha value is -3.66. The van der Waals surface area contributed by atoms with E-state index in [1.165, 1.54) is 16.7 Å². The van der Waals surface area contributed by atoms with E-state index in [0.717, 1.165) is 28.4 Å². The third kappa shape index (κ3) is 3.66. The van der Waals surface area contributed by atoms with Crippen molar-refractivity contribution in [2.24, 2.45) is 0 Å². The summed E-state index contributed by atoms with van der Waals surface area (Å²) in [7, 11) is 0. The molecule has 0 spiro atoms. The summed E-state index contributed by atoms with van der Waals surface area (Å²) >= 11 is 0. The Morgan fingerprint density at radius 3 is 2.42 bits per heavy atom. The lowest BCUT2D eigenvalue weighted by molar-refractivity contribution is 0.658. The van der Waals surface area contributed by atoms with Crippen molar-refractivity contribution < 1.29 is 0 Å². The molecule has 154 valence electrons. The molecular formula is C27H25N3O. The van der Waals surface area contributed by atoms with Crippen molar-refractivity contribution in [3.05, 3.63) is 112 Å². The zero-order chi connectivity index (χ0) is 21.4. The Labute approximate surface area is 181 Å². The number of fused-ring (bicyclic) bond motifs is 3. The second-order valence-electron chi connectivity index (χ2n) is 8.27. The van der Waals surface area contributed by atoms with Gasteiger partial charge in [-0.15, -0.1) is 0 Å². The summed E-state index contributed by atoms with van der Waals surface area (Å²) in [5.74, 6) is 0. The number of hydrogen-bond acceptors (Lipinski definition) is 2. The normalized spacial score (nSPS) is 11.4. The monoisotopic (exact) mass is 407 g/mol. The van der Waals surface area contributed by atoms with Crippen LogP contribution in [0.1, 0.15) is 22.3 Å². The molecular weight excluding hydrogens is 382 g/mol. The van der Waals surface area contributed by atoms with Crippen LogP contribution in [-0.2, 0) is 19.5 Å². The molecule has 0 unspecified atom stereocenters. The number of aromatic nitrogens is 3. The third-order valence-electron chi connectivity index (χ3n) is 5.89. The van der Waals surface area contributed by atoms with E-state index in [0.29, 0.717) is 18.6 Å². The second-order valence-corrected chi connectivity index (χ2v) is 8.27. The molecule has 0 N–H and O–H groups in total. The molecule has 0 saturated heterocycles. The molecule has 2 heterocycles. The van der Waals surface area contributed by atoms with E-state index in [4.69, 9.17) is 4.98 Å². The maximum Gasteiger partial charge on any atom is 0.277 e. The number of rotatable bonds is 5. The van der Waals surface area contributed by atoms with Gasteiger partial charge in [0.25, 0.3) is 5.56 Å². The number of aryl methyl sites for hydroxylation is 4. The maximum atomic E-state index is 13.6. The van der Waals surface area contributed by atoms with Gasteiger partial charge in [-0.3, -0.25) is 9.36 Å². The van der Waals surface area contributed by atoms with Crippen molar-refractivity contribution >= 4 is 21.9 Å². The number of benzene rings is 3. The smallest absolute Gasteiger partial charge is 0.277 e. The van der Waals surface area contributed by atoms with E-state index in [1.54, 1.807) is 10.9 Å². The molecule has 31 heavy (non-hydrogen) atoms. The Morgan fingerprint density at radius 1 is 0.839 bits per heavy atom. The van der Waals surface area contributed by atoms with Crippen LogP contribution in [0.5, 0.6) is 0 Å². The van der Waals surface area contributed by atoms with Crippen LogP contribution in [-0.4, -0.2) is 14.1 Å². The van der Waals surface area contributed by atoms with Crippen molar-refractivity contribution in [3.8, 4) is 0 Å². The van der Waals surface area contributed by atoms with Crippen molar-refractivity contribution in [3.63, 3.8) is 0 Å². The molecule has 0 amide bonds. The fraction of sp³-hybridized carbons (Fsp3) is 0.185. The summed E-state index contributed by atoms with van der Waals surface area (Å²) < 4.78 is 3.88. The SMILES string of the molecule is Cc1cccc(Cn2c3ccc(C)cc3c3ncn(CCc4ccccc4)c(=O)c32)c1. The number of hydrogen-bond donors (Lipinski definition) is 0. The fourth-order valence-electron chi connectivity index (χ4n) is 4.32. The third-order valence-corrected chi connectivity index (χ3v) is 5.89. The van der Waals surface area contributed by atoms with Crippen LogP contribution in [0, 0.1) is 13.8 Å². The van der Waals surface area contributed by atoms with Gasteiger partial charge < -0.3 is 4.57 Å². The van der Waals surface area contributed by atoms with Crippen LogP contribution in [0.4, 0.5) is 0 Å². The molecule has 0 fully saturated rings. The highest BCUT2D eigenvalue weighted by atomic mass is 16.1. The standard InChI is InChI=1S/C27H25N3O/c1-19-7-6-10-22(15-19)17-30-24-12-11-20(2)16-23(24)25-26(30)27(31)29(18-28-25)14-13-21-8-4-3-5-9-21/h3-12,15-16,18H,13-14,17H2,1-2H3. The lowest BCUT2D eigenvalue weighted by Crippen LogP contribution is -2.23. The second kappa shape index (κ2) is 7.88. The summed E-state index contributed by atoms with van der Waals surface area (Å²) in [5.41, 5.74) is 7.30. The number of nitrogens with zero attached hydrogens (tertiary/aromatic N) is 3. The first-order valence-electron chi connectivity index (χ1n) is 10.7. The highest BCUT2D eigenvalue weighted by Gasteiger charge is 2.17. The summed E-state index contributed by atoms with van der Waals surface area (Å²) in [5, 5.41) is 1.04. The predicted molar refractivity (Wildman–Crippen MR) is 127 cm³/mol. The molecule has 0 saturated carbocycles. The molecule has 0 aliphatic heterocycles. The Bertz CT molecular complexity index is 1440. The Kier molecular flexibility index (Phi) is 4.91. The predicted octanol–water partition coefficient (Wildman–Crippen LogP) is 5.26. The highest BCUT2D eigenvalue weighted by molar-refractivity contribution is 6.05. The summed E-state index contributed by atoms with van der Waals surface area (Å²) in [4.78, 5) is 18.3. The van der Waals surface area contributed by atoms with Gasteiger partial charge >= 0.3 is 0 Å². The molecule has 5 rings (SSSR count). The van der Waals surface area contributed by atoms with Gasteiger partial charge in [0.15, 0.2) is 0 Å². The van der Waals surface area contributed by atoms with Crippen LogP contribution < -0.4 is 5.56 Å². The molecule has 0 atom stereocenters. The van der Waals surface area contributed by atoms with E-state index in [-0.39, 0.29) is 5.56 Å². The molecule has 0 bridgehead atoms. The van der Waals surface area contributed by atoms with Gasteiger partial charge in [-0.1, -0.05) is 71.8 Å². The molecule has 4 nitrogen and oxygen atoms in total. The molecule has 0 radical (unpaired) electrons. The van der Waals surface area contributed by atoms with E-state index in [9.17, 15) is 4.79 Å². The van der Waals surface area contributed by atoms with Crippen molar-refractivity contribution in [2.45, 2.75) is 33.4 Å². The van der Waals surface area contributed by atoms with E-state index >= 15 is 0 Å². The van der Waals surface area contributed by atoms with Gasteiger partial charge in [-0.05, 0) is 43.5 Å². The first-order chi connectivity index (χ1) is 15.1. The Balaban J connectivity index is 1.66. The summed E-state index contributed by atoms with van der Waals surface area (Å²) in [6.07, 6.45) is 2.50. The van der Waals surface area contributed by atoms with Gasteiger partial charge in [0.1, 0.15) is 11.0 Å². The lowest BCUT2D eigenvalue weighted by atomic mass is 10.1. The minimum atomic E-state index is 0.0161. The topological polar surface area (TPSA) is 39.8 Å². The minimum absolute atomic E-state index is 0.0161. The summed E-state index contributed by atoms with van der Waals surface area (Å²) in [6, 6.07) is 25.0. The summed E-state index contributed by atoms with van der Waals surface area (Å²) in [6.45, 7) is 5.42. The fourth-order valence-corrected chi connectivity index (χ4v) is 4.32. The highest BCUT2D eigenvalue weighted by Crippen LogP contribution is 2.27. The van der Waals surface area contributed by atoms with Crippen LogP contribution >= 0.6 is 0 Å². The first kappa shape index (κ1) is 19.3. The van der Waals surface area contributed by atoms with Crippen LogP contribution in [0.25, 0.3) is 21.9 Å². The Morgan fingerprint density at radius 2 is 1.61 bits per heavy atom. The average molecular weight is 408 g/mol. The largest absolute Gasteiger partial charge is 0.330 e. The van der Waals surface area contributed by atoms with Crippen molar-refractivity contribution in [2.75, 3.05) is 0 Å². The van der Waals surface area contributed by atoms with Crippen LogP contribution in [0.3, 0.4) is 0 Å². The molecule has 3 aromatic carbocycles. The van der Waals surface area contributed by atoms with Gasteiger partial charge in [0, 0.05) is 18.5 Å². The minimum Gasteiger partial charge on any atom is -0.330 e. The van der Waals surface area contributed by atoms with Crippen LogP contribution in [0.2, 0.25) is 0 Å². The van der Waals surface area contributed by atoms with Gasteiger partial charge in [0.05, 0.1) is 11.8 Å². The zero-order valence-corrected chi connectivity index (χ0v) is 17.9. The van der Waals surface area contributed by atoms with Gasteiger partial charge in [-0.2, -0.15) is 0 Å². The van der Waals surface area contributed by atoms with E-state index in [1.807, 2.05) is 18.2 Å². The van der Waals surface area contributed by atoms with Gasteiger partial charge in [-0.25, -0.2) is 4.98 Å². The molecule has 2 aromatic heterocycles. The molecule has 5 aromatic rings. The first-order valence-corrected chi connectivity index (χ1v) is 10.7. The van der Waals surface area contributed by atoms with Crippen molar-refractivity contribution in [1.29, 1.82) is 0 Å². The molecule has 0 aliphatic rings. The quantitative estimate of drug-likeness (QED) is 0.399. The van der Waals surface area contributed by atoms with Crippen LogP contribution in [0.15, 0.2) is 83.9 Å². The average Bonchev–Trinajstić information content (AvgIpc) is 3.07. The van der Waals surface area contributed by atoms with Gasteiger partial charge in [0.2, 0.25) is 0 Å². The zero-order valence-electron chi connectivity index (χ0n) is 17.9. The maximum absolute atomic E-state index is 13.6. The van der Waals surface area contributed by atoms with E-state index < -0.39 is 0 Å². The lowest BCUT2D eigenvalue weighted by Gasteiger charge is -2.10.